The molecule has 0 bridgehead atoms. The van der Waals surface area contributed by atoms with E-state index in [0.29, 0.717) is 6.04 Å². The van der Waals surface area contributed by atoms with E-state index in [1.807, 2.05) is 0 Å². The standard InChI is InChI=1S/C24H33N3O/c1-6-18(7-2)25-24-21(9-4)26-23(20(8-3)27-24)19-14-16-12-10-11-13-17(16)15-22(19)28-5/h10,12,14-15,18H,6-9,11,13H2,1-5H3,(H,25,27). The number of aromatic nitrogens is 2. The summed E-state index contributed by atoms with van der Waals surface area (Å²) in [5.74, 6) is 1.83. The Morgan fingerprint density at radius 2 is 1.79 bits per heavy atom. The number of fused-ring (bicyclic) bond motifs is 1. The highest BCUT2D eigenvalue weighted by molar-refractivity contribution is 5.75. The Balaban J connectivity index is 2.13. The molecule has 1 aromatic carbocycles. The van der Waals surface area contributed by atoms with E-state index in [1.54, 1.807) is 7.11 Å². The smallest absolute Gasteiger partial charge is 0.148 e. The molecule has 1 aliphatic carbocycles. The third-order valence-corrected chi connectivity index (χ3v) is 5.63. The quantitative estimate of drug-likeness (QED) is 0.626. The number of benzene rings is 1. The van der Waals surface area contributed by atoms with Crippen LogP contribution in [0, 0.1) is 0 Å². The summed E-state index contributed by atoms with van der Waals surface area (Å²) in [6.07, 6.45) is 10.4. The fourth-order valence-corrected chi connectivity index (χ4v) is 3.83. The maximum atomic E-state index is 5.76. The third kappa shape index (κ3) is 4.06. The molecule has 0 saturated carbocycles. The van der Waals surface area contributed by atoms with Gasteiger partial charge in [-0.3, -0.25) is 0 Å². The van der Waals surface area contributed by atoms with Crippen LogP contribution in [0.25, 0.3) is 17.3 Å². The van der Waals surface area contributed by atoms with Gasteiger partial charge in [-0.25, -0.2) is 9.97 Å². The largest absolute Gasteiger partial charge is 0.496 e. The highest BCUT2D eigenvalue weighted by Gasteiger charge is 2.20. The van der Waals surface area contributed by atoms with Crippen molar-refractivity contribution < 1.29 is 4.74 Å². The average molecular weight is 380 g/mol. The van der Waals surface area contributed by atoms with Gasteiger partial charge in [-0.2, -0.15) is 0 Å². The summed E-state index contributed by atoms with van der Waals surface area (Å²) in [6.45, 7) is 8.71. The third-order valence-electron chi connectivity index (χ3n) is 5.63. The summed E-state index contributed by atoms with van der Waals surface area (Å²) < 4.78 is 5.76. The highest BCUT2D eigenvalue weighted by atomic mass is 16.5. The second kappa shape index (κ2) is 9.22. The van der Waals surface area contributed by atoms with Gasteiger partial charge in [0.2, 0.25) is 0 Å². The first kappa shape index (κ1) is 20.4. The van der Waals surface area contributed by atoms with Gasteiger partial charge in [-0.15, -0.1) is 0 Å². The number of rotatable bonds is 8. The van der Waals surface area contributed by atoms with Crippen molar-refractivity contribution in [2.75, 3.05) is 12.4 Å². The van der Waals surface area contributed by atoms with E-state index in [0.717, 1.165) is 72.7 Å². The van der Waals surface area contributed by atoms with Crippen molar-refractivity contribution >= 4 is 11.9 Å². The molecule has 1 N–H and O–H groups in total. The molecule has 0 fully saturated rings. The minimum Gasteiger partial charge on any atom is -0.496 e. The van der Waals surface area contributed by atoms with Gasteiger partial charge in [-0.05, 0) is 61.8 Å². The van der Waals surface area contributed by atoms with Crippen molar-refractivity contribution in [3.8, 4) is 17.0 Å². The number of hydrogen-bond acceptors (Lipinski definition) is 4. The molecule has 4 nitrogen and oxygen atoms in total. The van der Waals surface area contributed by atoms with Crippen molar-refractivity contribution in [3.63, 3.8) is 0 Å². The van der Waals surface area contributed by atoms with Gasteiger partial charge >= 0.3 is 0 Å². The number of nitrogens with zero attached hydrogens (tertiary/aromatic N) is 2. The number of allylic oxidation sites excluding steroid dienone is 1. The molecule has 150 valence electrons. The van der Waals surface area contributed by atoms with Crippen LogP contribution in [-0.2, 0) is 19.3 Å². The van der Waals surface area contributed by atoms with E-state index in [1.165, 1.54) is 11.1 Å². The lowest BCUT2D eigenvalue weighted by atomic mass is 9.93. The number of aryl methyl sites for hydroxylation is 3. The highest BCUT2D eigenvalue weighted by Crippen LogP contribution is 2.36. The summed E-state index contributed by atoms with van der Waals surface area (Å²) >= 11 is 0. The molecule has 0 atom stereocenters. The Labute approximate surface area is 169 Å². The molecule has 0 radical (unpaired) electrons. The number of ether oxygens (including phenoxy) is 1. The van der Waals surface area contributed by atoms with Crippen LogP contribution < -0.4 is 10.1 Å². The van der Waals surface area contributed by atoms with Crippen molar-refractivity contribution in [2.45, 2.75) is 72.3 Å². The Kier molecular flexibility index (Phi) is 6.71. The van der Waals surface area contributed by atoms with E-state index in [2.05, 4.69) is 57.3 Å². The molecular formula is C24H33N3O. The first-order valence-corrected chi connectivity index (χ1v) is 10.7. The summed E-state index contributed by atoms with van der Waals surface area (Å²) in [7, 11) is 1.74. The Morgan fingerprint density at radius 3 is 2.43 bits per heavy atom. The predicted octanol–water partition coefficient (Wildman–Crippen LogP) is 5.84. The maximum absolute atomic E-state index is 5.76. The molecule has 28 heavy (non-hydrogen) atoms. The van der Waals surface area contributed by atoms with Crippen LogP contribution >= 0.6 is 0 Å². The molecule has 0 saturated heterocycles. The first-order valence-electron chi connectivity index (χ1n) is 10.7. The van der Waals surface area contributed by atoms with Gasteiger partial charge < -0.3 is 10.1 Å². The molecule has 0 spiro atoms. The van der Waals surface area contributed by atoms with Gasteiger partial charge in [0.15, 0.2) is 0 Å². The Bertz CT molecular complexity index is 853. The monoisotopic (exact) mass is 379 g/mol. The van der Waals surface area contributed by atoms with Gasteiger partial charge in [-0.1, -0.05) is 39.8 Å². The SMILES string of the molecule is CCc1nc(-c2cc3c(cc2OC)CCC=C3)c(CC)nc1NC(CC)CC. The summed E-state index contributed by atoms with van der Waals surface area (Å²) in [4.78, 5) is 10.1. The number of nitrogens with one attached hydrogen (secondary N) is 1. The summed E-state index contributed by atoms with van der Waals surface area (Å²) in [5, 5.41) is 3.61. The molecule has 1 aromatic heterocycles. The van der Waals surface area contributed by atoms with Gasteiger partial charge in [0.25, 0.3) is 0 Å². The van der Waals surface area contributed by atoms with E-state index >= 15 is 0 Å². The van der Waals surface area contributed by atoms with Crippen LogP contribution in [0.15, 0.2) is 18.2 Å². The Morgan fingerprint density at radius 1 is 1.04 bits per heavy atom. The lowest BCUT2D eigenvalue weighted by molar-refractivity contribution is 0.415. The van der Waals surface area contributed by atoms with E-state index in [-0.39, 0.29) is 0 Å². The zero-order valence-electron chi connectivity index (χ0n) is 17.9. The van der Waals surface area contributed by atoms with Gasteiger partial charge in [0.05, 0.1) is 24.2 Å². The zero-order valence-corrected chi connectivity index (χ0v) is 17.9. The van der Waals surface area contributed by atoms with Crippen molar-refractivity contribution in [3.05, 3.63) is 40.7 Å². The lowest BCUT2D eigenvalue weighted by Crippen LogP contribution is -2.20. The molecule has 4 heteroatoms. The van der Waals surface area contributed by atoms with E-state index in [9.17, 15) is 0 Å². The minimum atomic E-state index is 0.429. The second-order valence-electron chi connectivity index (χ2n) is 7.37. The lowest BCUT2D eigenvalue weighted by Gasteiger charge is -2.21. The van der Waals surface area contributed by atoms with Crippen LogP contribution in [0.2, 0.25) is 0 Å². The van der Waals surface area contributed by atoms with E-state index in [4.69, 9.17) is 14.7 Å². The number of anilines is 1. The van der Waals surface area contributed by atoms with Crippen LogP contribution in [0.3, 0.4) is 0 Å². The van der Waals surface area contributed by atoms with Crippen LogP contribution in [0.1, 0.15) is 69.5 Å². The molecule has 1 aliphatic rings. The first-order chi connectivity index (χ1) is 13.6. The zero-order chi connectivity index (χ0) is 20.1. The maximum Gasteiger partial charge on any atom is 0.148 e. The minimum absolute atomic E-state index is 0.429. The van der Waals surface area contributed by atoms with Crippen LogP contribution in [0.5, 0.6) is 5.75 Å². The molecule has 3 rings (SSSR count). The van der Waals surface area contributed by atoms with Crippen molar-refractivity contribution in [1.29, 1.82) is 0 Å². The van der Waals surface area contributed by atoms with Crippen molar-refractivity contribution in [2.24, 2.45) is 0 Å². The predicted molar refractivity (Wildman–Crippen MR) is 118 cm³/mol. The topological polar surface area (TPSA) is 47.0 Å². The Hall–Kier alpha value is -2.36. The average Bonchev–Trinajstić information content (AvgIpc) is 2.75. The van der Waals surface area contributed by atoms with Gasteiger partial charge in [0.1, 0.15) is 11.6 Å². The van der Waals surface area contributed by atoms with E-state index < -0.39 is 0 Å². The summed E-state index contributed by atoms with van der Waals surface area (Å²) in [5.41, 5.74) is 6.65. The number of hydrogen-bond donors (Lipinski definition) is 1. The molecule has 0 unspecified atom stereocenters. The fourth-order valence-electron chi connectivity index (χ4n) is 3.83. The fraction of sp³-hybridized carbons (Fsp3) is 0.500. The van der Waals surface area contributed by atoms with Crippen LogP contribution in [-0.4, -0.2) is 23.1 Å². The summed E-state index contributed by atoms with van der Waals surface area (Å²) in [6, 6.07) is 4.83. The van der Waals surface area contributed by atoms with Crippen molar-refractivity contribution in [1.82, 2.24) is 9.97 Å². The molecular weight excluding hydrogens is 346 g/mol. The number of methoxy groups -OCH3 is 1. The van der Waals surface area contributed by atoms with Gasteiger partial charge in [0, 0.05) is 11.6 Å². The molecule has 2 aromatic rings. The normalized spacial score (nSPS) is 12.9. The molecule has 1 heterocycles. The van der Waals surface area contributed by atoms with Crippen LogP contribution in [0.4, 0.5) is 5.82 Å². The second-order valence-corrected chi connectivity index (χ2v) is 7.37. The molecule has 0 amide bonds. The molecule has 0 aliphatic heterocycles.